The van der Waals surface area contributed by atoms with Crippen molar-refractivity contribution in [2.45, 2.75) is 39.2 Å². The molecule has 2 unspecified atom stereocenters. The predicted octanol–water partition coefficient (Wildman–Crippen LogP) is 2.45. The van der Waals surface area contributed by atoms with Gasteiger partial charge in [-0.1, -0.05) is 39.0 Å². The summed E-state index contributed by atoms with van der Waals surface area (Å²) in [5.41, 5.74) is 2.05. The average molecular weight is 290 g/mol. The van der Waals surface area contributed by atoms with Crippen LogP contribution in [0.15, 0.2) is 24.3 Å². The fraction of sp³-hybridized carbons (Fsp3) is 0.588. The number of para-hydroxylation sites is 1. The highest BCUT2D eigenvalue weighted by Crippen LogP contribution is 2.25. The van der Waals surface area contributed by atoms with Crippen LogP contribution in [0.5, 0.6) is 0 Å². The van der Waals surface area contributed by atoms with Crippen LogP contribution in [0.4, 0.5) is 5.69 Å². The Balaban J connectivity index is 1.99. The van der Waals surface area contributed by atoms with Gasteiger partial charge in [-0.05, 0) is 36.4 Å². The minimum atomic E-state index is -0.00403. The molecule has 2 N–H and O–H groups in total. The van der Waals surface area contributed by atoms with Gasteiger partial charge in [0.2, 0.25) is 5.91 Å². The Morgan fingerprint density at radius 3 is 2.81 bits per heavy atom. The van der Waals surface area contributed by atoms with Gasteiger partial charge >= 0.3 is 0 Å². The van der Waals surface area contributed by atoms with E-state index in [4.69, 9.17) is 0 Å². The molecule has 1 aliphatic rings. The number of aliphatic hydroxyl groups excluding tert-OH is 1. The molecule has 4 heteroatoms. The largest absolute Gasteiger partial charge is 0.395 e. The van der Waals surface area contributed by atoms with Crippen LogP contribution in [-0.2, 0) is 4.79 Å². The second-order valence-electron chi connectivity index (χ2n) is 6.28. The molecular weight excluding hydrogens is 264 g/mol. The van der Waals surface area contributed by atoms with Crippen molar-refractivity contribution in [3.8, 4) is 0 Å². The summed E-state index contributed by atoms with van der Waals surface area (Å²) in [5, 5.41) is 12.5. The molecule has 0 saturated carbocycles. The topological polar surface area (TPSA) is 52.6 Å². The maximum Gasteiger partial charge on any atom is 0.238 e. The van der Waals surface area contributed by atoms with Crippen LogP contribution in [0.25, 0.3) is 0 Å². The molecule has 2 atom stereocenters. The number of likely N-dealkylation sites (tertiary alicyclic amines) is 1. The van der Waals surface area contributed by atoms with Crippen LogP contribution < -0.4 is 5.32 Å². The first-order valence-corrected chi connectivity index (χ1v) is 7.76. The highest BCUT2D eigenvalue weighted by atomic mass is 16.3. The fourth-order valence-corrected chi connectivity index (χ4v) is 3.07. The molecule has 116 valence electrons. The molecule has 0 bridgehead atoms. The maximum atomic E-state index is 12.3. The van der Waals surface area contributed by atoms with Crippen LogP contribution in [0.1, 0.15) is 38.7 Å². The smallest absolute Gasteiger partial charge is 0.238 e. The number of benzene rings is 1. The van der Waals surface area contributed by atoms with Gasteiger partial charge in [0, 0.05) is 11.7 Å². The molecule has 1 aromatic carbocycles. The Morgan fingerprint density at radius 2 is 2.14 bits per heavy atom. The predicted molar refractivity (Wildman–Crippen MR) is 85.4 cm³/mol. The quantitative estimate of drug-likeness (QED) is 0.876. The van der Waals surface area contributed by atoms with Gasteiger partial charge in [0.25, 0.3) is 0 Å². The molecule has 2 rings (SSSR count). The maximum absolute atomic E-state index is 12.3. The molecular formula is C17H26N2O2. The summed E-state index contributed by atoms with van der Waals surface area (Å²) in [6, 6.07) is 8.04. The highest BCUT2D eigenvalue weighted by molar-refractivity contribution is 5.93. The van der Waals surface area contributed by atoms with Gasteiger partial charge < -0.3 is 10.4 Å². The van der Waals surface area contributed by atoms with Crippen molar-refractivity contribution in [1.82, 2.24) is 4.90 Å². The minimum absolute atomic E-state index is 0.00403. The second kappa shape index (κ2) is 7.05. The van der Waals surface area contributed by atoms with E-state index in [1.54, 1.807) is 0 Å². The van der Waals surface area contributed by atoms with E-state index in [2.05, 4.69) is 37.1 Å². The number of nitrogens with zero attached hydrogens (tertiary/aromatic N) is 1. The SMILES string of the molecule is CC(C)c1ccccc1NC(=O)CN1CCC(C)C1CO. The number of hydrogen-bond acceptors (Lipinski definition) is 3. The van der Waals surface area contributed by atoms with Crippen molar-refractivity contribution in [3.05, 3.63) is 29.8 Å². The molecule has 1 fully saturated rings. The van der Waals surface area contributed by atoms with E-state index in [1.807, 2.05) is 18.2 Å². The van der Waals surface area contributed by atoms with Crippen molar-refractivity contribution in [2.24, 2.45) is 5.92 Å². The number of hydrogen-bond donors (Lipinski definition) is 2. The number of nitrogens with one attached hydrogen (secondary N) is 1. The summed E-state index contributed by atoms with van der Waals surface area (Å²) < 4.78 is 0. The monoisotopic (exact) mass is 290 g/mol. The normalized spacial score (nSPS) is 22.7. The first-order valence-electron chi connectivity index (χ1n) is 7.76. The summed E-state index contributed by atoms with van der Waals surface area (Å²) in [6.07, 6.45) is 1.04. The average Bonchev–Trinajstić information content (AvgIpc) is 2.79. The standard InChI is InChI=1S/C17H26N2O2/c1-12(2)14-6-4-5-7-15(14)18-17(21)10-19-9-8-13(3)16(19)11-20/h4-7,12-13,16,20H,8-11H2,1-3H3,(H,18,21). The van der Waals surface area contributed by atoms with Crippen molar-refractivity contribution in [1.29, 1.82) is 0 Å². The Bertz CT molecular complexity index is 487. The van der Waals surface area contributed by atoms with Crippen LogP contribution in [0.2, 0.25) is 0 Å². The summed E-state index contributed by atoms with van der Waals surface area (Å²) in [6.45, 7) is 7.72. The summed E-state index contributed by atoms with van der Waals surface area (Å²) in [7, 11) is 0. The number of carbonyl (C=O) groups excluding carboxylic acids is 1. The lowest BCUT2D eigenvalue weighted by molar-refractivity contribution is -0.117. The zero-order valence-corrected chi connectivity index (χ0v) is 13.2. The van der Waals surface area contributed by atoms with Crippen LogP contribution in [0.3, 0.4) is 0 Å². The van der Waals surface area contributed by atoms with Gasteiger partial charge in [0.1, 0.15) is 0 Å². The third-order valence-electron chi connectivity index (χ3n) is 4.39. The van der Waals surface area contributed by atoms with Crippen LogP contribution in [-0.4, -0.2) is 41.7 Å². The molecule has 1 aliphatic heterocycles. The van der Waals surface area contributed by atoms with E-state index in [9.17, 15) is 9.90 Å². The van der Waals surface area contributed by atoms with Crippen LogP contribution in [0, 0.1) is 5.92 Å². The minimum Gasteiger partial charge on any atom is -0.395 e. The number of rotatable bonds is 5. The lowest BCUT2D eigenvalue weighted by atomic mass is 10.0. The van der Waals surface area contributed by atoms with E-state index in [0.29, 0.717) is 18.4 Å². The zero-order valence-electron chi connectivity index (χ0n) is 13.2. The second-order valence-corrected chi connectivity index (χ2v) is 6.28. The summed E-state index contributed by atoms with van der Waals surface area (Å²) in [4.78, 5) is 14.4. The van der Waals surface area contributed by atoms with Gasteiger partial charge in [0.05, 0.1) is 13.2 Å². The van der Waals surface area contributed by atoms with E-state index in [0.717, 1.165) is 24.2 Å². The third kappa shape index (κ3) is 3.83. The molecule has 0 radical (unpaired) electrons. The summed E-state index contributed by atoms with van der Waals surface area (Å²) >= 11 is 0. The fourth-order valence-electron chi connectivity index (χ4n) is 3.07. The Kier molecular flexibility index (Phi) is 5.37. The van der Waals surface area contributed by atoms with E-state index >= 15 is 0 Å². The molecule has 0 spiro atoms. The van der Waals surface area contributed by atoms with E-state index in [-0.39, 0.29) is 18.6 Å². The van der Waals surface area contributed by atoms with Gasteiger partial charge in [-0.25, -0.2) is 0 Å². The third-order valence-corrected chi connectivity index (χ3v) is 4.39. The molecule has 4 nitrogen and oxygen atoms in total. The lowest BCUT2D eigenvalue weighted by Crippen LogP contribution is -2.40. The molecule has 1 amide bonds. The highest BCUT2D eigenvalue weighted by Gasteiger charge is 2.31. The van der Waals surface area contributed by atoms with Crippen molar-refractivity contribution in [3.63, 3.8) is 0 Å². The Morgan fingerprint density at radius 1 is 1.43 bits per heavy atom. The van der Waals surface area contributed by atoms with Gasteiger partial charge in [0.15, 0.2) is 0 Å². The molecule has 1 aromatic rings. The molecule has 0 aromatic heterocycles. The van der Waals surface area contributed by atoms with Gasteiger partial charge in [-0.15, -0.1) is 0 Å². The number of anilines is 1. The van der Waals surface area contributed by atoms with Gasteiger partial charge in [-0.2, -0.15) is 0 Å². The number of carbonyl (C=O) groups is 1. The molecule has 21 heavy (non-hydrogen) atoms. The first-order chi connectivity index (χ1) is 10.0. The van der Waals surface area contributed by atoms with E-state index < -0.39 is 0 Å². The lowest BCUT2D eigenvalue weighted by Gasteiger charge is -2.24. The van der Waals surface area contributed by atoms with Crippen LogP contribution >= 0.6 is 0 Å². The zero-order chi connectivity index (χ0) is 15.4. The van der Waals surface area contributed by atoms with Crippen molar-refractivity contribution in [2.75, 3.05) is 25.0 Å². The van der Waals surface area contributed by atoms with E-state index in [1.165, 1.54) is 0 Å². The van der Waals surface area contributed by atoms with Gasteiger partial charge in [-0.3, -0.25) is 9.69 Å². The first kappa shape index (κ1) is 16.0. The Labute approximate surface area is 127 Å². The molecule has 1 heterocycles. The number of aliphatic hydroxyl groups is 1. The molecule has 0 aliphatic carbocycles. The van der Waals surface area contributed by atoms with Crippen molar-refractivity contribution < 1.29 is 9.90 Å². The summed E-state index contributed by atoms with van der Waals surface area (Å²) in [5.74, 6) is 0.819. The Hall–Kier alpha value is -1.39. The molecule has 1 saturated heterocycles. The van der Waals surface area contributed by atoms with Crippen molar-refractivity contribution >= 4 is 11.6 Å². The number of amides is 1.